The fourth-order valence-electron chi connectivity index (χ4n) is 3.38. The fourth-order valence-corrected chi connectivity index (χ4v) is 3.38. The molecule has 0 saturated carbocycles. The Labute approximate surface area is 200 Å². The van der Waals surface area contributed by atoms with Gasteiger partial charge >= 0.3 is 0 Å². The normalized spacial score (nSPS) is 11.5. The van der Waals surface area contributed by atoms with Crippen molar-refractivity contribution in [2.24, 2.45) is 5.18 Å². The van der Waals surface area contributed by atoms with Gasteiger partial charge in [0.25, 0.3) is 0 Å². The summed E-state index contributed by atoms with van der Waals surface area (Å²) >= 11 is 0. The zero-order valence-corrected chi connectivity index (χ0v) is 19.8. The van der Waals surface area contributed by atoms with Crippen molar-refractivity contribution in [2.75, 3.05) is 40.7 Å². The highest BCUT2D eigenvalue weighted by molar-refractivity contribution is 5.75. The van der Waals surface area contributed by atoms with Crippen molar-refractivity contribution in [2.45, 2.75) is 38.2 Å². The van der Waals surface area contributed by atoms with Gasteiger partial charge in [-0.3, -0.25) is 4.79 Å². The zero-order chi connectivity index (χ0) is 24.6. The van der Waals surface area contributed by atoms with Gasteiger partial charge in [-0.2, -0.15) is 0 Å². The molecule has 1 atom stereocenters. The van der Waals surface area contributed by atoms with Gasteiger partial charge in [0.1, 0.15) is 12.4 Å². The van der Waals surface area contributed by atoms with Crippen LogP contribution in [0.25, 0.3) is 0 Å². The first-order valence-corrected chi connectivity index (χ1v) is 11.3. The summed E-state index contributed by atoms with van der Waals surface area (Å²) in [6.45, 7) is 0.383. The van der Waals surface area contributed by atoms with Gasteiger partial charge in [-0.05, 0) is 66.3 Å². The Balaban J connectivity index is 1.66. The minimum Gasteiger partial charge on any atom is -0.493 e. The van der Waals surface area contributed by atoms with E-state index in [0.717, 1.165) is 36.5 Å². The number of carbonyl (C=O) groups excluding carboxylic acids is 1. The van der Waals surface area contributed by atoms with E-state index in [9.17, 15) is 14.8 Å². The molecule has 9 heteroatoms. The Kier molecular flexibility index (Phi) is 12.4. The van der Waals surface area contributed by atoms with Crippen molar-refractivity contribution in [3.05, 3.63) is 58.5 Å². The number of nitrogens with one attached hydrogen (secondary N) is 1. The summed E-state index contributed by atoms with van der Waals surface area (Å²) in [5.41, 5.74) is 2.38. The number of hydrogen-bond acceptors (Lipinski definition) is 8. The third-order valence-corrected chi connectivity index (χ3v) is 5.13. The molecule has 2 aromatic carbocycles. The highest BCUT2D eigenvalue weighted by atomic mass is 16.5. The molecule has 34 heavy (non-hydrogen) atoms. The SMILES string of the molecule is COc1ccc(CCCc2cccc(OCCNC(=O)CCC(O)COCN=O)c2)cc1OC. The van der Waals surface area contributed by atoms with Crippen LogP contribution in [0.15, 0.2) is 47.6 Å². The van der Waals surface area contributed by atoms with Crippen molar-refractivity contribution in [1.29, 1.82) is 0 Å². The minimum atomic E-state index is -0.807. The second-order valence-electron chi connectivity index (χ2n) is 7.71. The van der Waals surface area contributed by atoms with E-state index in [1.165, 1.54) is 11.1 Å². The Bertz CT molecular complexity index is 891. The number of ether oxygens (including phenoxy) is 4. The zero-order valence-electron chi connectivity index (χ0n) is 19.8. The molecule has 0 aliphatic heterocycles. The molecule has 2 rings (SSSR count). The number of nitroso groups, excluding NO2 is 1. The standard InChI is InChI=1S/C25H34N2O7/c1-31-23-11-9-20(16-24(23)32-2)6-3-5-19-7-4-8-22(15-19)34-14-13-26-25(29)12-10-21(28)17-33-18-27-30/h4,7-9,11,15-16,21,28H,3,5-6,10,12-14,17-18H2,1-2H3,(H,26,29). The Morgan fingerprint density at radius 1 is 1.06 bits per heavy atom. The van der Waals surface area contributed by atoms with E-state index in [1.54, 1.807) is 14.2 Å². The molecule has 1 unspecified atom stereocenters. The number of aliphatic hydroxyl groups excluding tert-OH is 1. The molecule has 0 saturated heterocycles. The van der Waals surface area contributed by atoms with Crippen LogP contribution >= 0.6 is 0 Å². The number of carbonyl (C=O) groups is 1. The lowest BCUT2D eigenvalue weighted by molar-refractivity contribution is -0.121. The monoisotopic (exact) mass is 474 g/mol. The van der Waals surface area contributed by atoms with Crippen molar-refractivity contribution in [1.82, 2.24) is 5.32 Å². The maximum Gasteiger partial charge on any atom is 0.220 e. The molecule has 0 radical (unpaired) electrons. The number of aliphatic hydroxyl groups is 1. The van der Waals surface area contributed by atoms with Gasteiger partial charge in [0, 0.05) is 6.42 Å². The number of benzene rings is 2. The van der Waals surface area contributed by atoms with Crippen LogP contribution in [0.4, 0.5) is 0 Å². The largest absolute Gasteiger partial charge is 0.493 e. The van der Waals surface area contributed by atoms with E-state index < -0.39 is 6.10 Å². The van der Waals surface area contributed by atoms with E-state index in [-0.39, 0.29) is 32.1 Å². The molecule has 9 nitrogen and oxygen atoms in total. The van der Waals surface area contributed by atoms with Gasteiger partial charge in [-0.1, -0.05) is 18.2 Å². The number of aryl methyl sites for hydroxylation is 2. The maximum atomic E-state index is 11.9. The number of methoxy groups -OCH3 is 2. The molecule has 0 heterocycles. The predicted molar refractivity (Wildman–Crippen MR) is 128 cm³/mol. The molecule has 0 aromatic heterocycles. The molecule has 0 aliphatic rings. The second kappa shape index (κ2) is 15.6. The first-order chi connectivity index (χ1) is 16.5. The summed E-state index contributed by atoms with van der Waals surface area (Å²) in [7, 11) is 3.26. The third kappa shape index (κ3) is 10.2. The lowest BCUT2D eigenvalue weighted by atomic mass is 10.0. The molecule has 1 amide bonds. The lowest BCUT2D eigenvalue weighted by Crippen LogP contribution is -2.29. The van der Waals surface area contributed by atoms with Crippen molar-refractivity contribution in [3.8, 4) is 17.2 Å². The van der Waals surface area contributed by atoms with E-state index in [4.69, 9.17) is 18.9 Å². The number of hydrogen-bond donors (Lipinski definition) is 2. The summed E-state index contributed by atoms with van der Waals surface area (Å²) in [6, 6.07) is 13.9. The molecular formula is C25H34N2O7. The predicted octanol–water partition coefficient (Wildman–Crippen LogP) is 3.26. The molecule has 0 aliphatic carbocycles. The van der Waals surface area contributed by atoms with E-state index >= 15 is 0 Å². The van der Waals surface area contributed by atoms with Crippen LogP contribution in [0.1, 0.15) is 30.4 Å². The Morgan fingerprint density at radius 3 is 2.56 bits per heavy atom. The van der Waals surface area contributed by atoms with Crippen LogP contribution in [0.5, 0.6) is 17.2 Å². The maximum absolute atomic E-state index is 11.9. The number of rotatable bonds is 17. The van der Waals surface area contributed by atoms with Gasteiger partial charge in [0.15, 0.2) is 18.2 Å². The molecule has 2 aromatic rings. The van der Waals surface area contributed by atoms with E-state index in [0.29, 0.717) is 13.2 Å². The van der Waals surface area contributed by atoms with Crippen LogP contribution in [-0.4, -0.2) is 57.8 Å². The van der Waals surface area contributed by atoms with Gasteiger partial charge in [0.05, 0.1) is 33.5 Å². The summed E-state index contributed by atoms with van der Waals surface area (Å²) < 4.78 is 21.2. The summed E-state index contributed by atoms with van der Waals surface area (Å²) in [6.07, 6.45) is 2.42. The summed E-state index contributed by atoms with van der Waals surface area (Å²) in [5, 5.41) is 15.0. The minimum absolute atomic E-state index is 0.0211. The molecule has 0 bridgehead atoms. The van der Waals surface area contributed by atoms with Crippen LogP contribution in [0.2, 0.25) is 0 Å². The van der Waals surface area contributed by atoms with Gasteiger partial charge in [-0.25, -0.2) is 0 Å². The molecule has 0 fully saturated rings. The highest BCUT2D eigenvalue weighted by Crippen LogP contribution is 2.28. The van der Waals surface area contributed by atoms with Gasteiger partial charge in [-0.15, -0.1) is 4.91 Å². The fraction of sp³-hybridized carbons (Fsp3) is 0.480. The lowest BCUT2D eigenvalue weighted by Gasteiger charge is -2.11. The van der Waals surface area contributed by atoms with Crippen LogP contribution in [0.3, 0.4) is 0 Å². The van der Waals surface area contributed by atoms with Gasteiger partial charge < -0.3 is 29.4 Å². The molecular weight excluding hydrogens is 440 g/mol. The highest BCUT2D eigenvalue weighted by Gasteiger charge is 2.09. The first-order valence-electron chi connectivity index (χ1n) is 11.3. The quantitative estimate of drug-likeness (QED) is 0.267. The van der Waals surface area contributed by atoms with Crippen molar-refractivity contribution in [3.63, 3.8) is 0 Å². The molecule has 0 spiro atoms. The van der Waals surface area contributed by atoms with Crippen LogP contribution in [-0.2, 0) is 22.4 Å². The van der Waals surface area contributed by atoms with Crippen molar-refractivity contribution >= 4 is 5.91 Å². The second-order valence-corrected chi connectivity index (χ2v) is 7.71. The van der Waals surface area contributed by atoms with Crippen LogP contribution < -0.4 is 19.5 Å². The molecule has 186 valence electrons. The first kappa shape index (κ1) is 27.1. The Hall–Kier alpha value is -3.17. The van der Waals surface area contributed by atoms with Gasteiger partial charge in [0.2, 0.25) is 5.91 Å². The molecule has 2 N–H and O–H groups in total. The third-order valence-electron chi connectivity index (χ3n) is 5.13. The smallest absolute Gasteiger partial charge is 0.220 e. The van der Waals surface area contributed by atoms with Crippen LogP contribution in [0, 0.1) is 4.91 Å². The number of amides is 1. The van der Waals surface area contributed by atoms with E-state index in [2.05, 4.69) is 22.6 Å². The Morgan fingerprint density at radius 2 is 1.82 bits per heavy atom. The van der Waals surface area contributed by atoms with Crippen molar-refractivity contribution < 1.29 is 28.8 Å². The summed E-state index contributed by atoms with van der Waals surface area (Å²) in [5.74, 6) is 2.04. The average Bonchev–Trinajstić information content (AvgIpc) is 2.85. The summed E-state index contributed by atoms with van der Waals surface area (Å²) in [4.78, 5) is 21.8. The number of nitrogens with zero attached hydrogens (tertiary/aromatic N) is 1. The average molecular weight is 475 g/mol. The van der Waals surface area contributed by atoms with E-state index in [1.807, 2.05) is 30.3 Å². The topological polar surface area (TPSA) is 116 Å².